The maximum Gasteiger partial charge on any atom is 0.191 e. The molecule has 2 N–H and O–H groups in total. The number of hydrogen-bond donors (Lipinski definition) is 2. The summed E-state index contributed by atoms with van der Waals surface area (Å²) in [5.41, 5.74) is 5.41. The van der Waals surface area contributed by atoms with E-state index in [1.165, 1.54) is 5.56 Å². The number of halogens is 1. The summed E-state index contributed by atoms with van der Waals surface area (Å²) in [4.78, 5) is 9.01. The minimum Gasteiger partial charge on any atom is -0.361 e. The molecule has 0 aliphatic carbocycles. The number of rotatable bonds is 7. The van der Waals surface area contributed by atoms with Gasteiger partial charge in [-0.05, 0) is 25.0 Å². The second kappa shape index (κ2) is 10.4. The van der Waals surface area contributed by atoms with Crippen molar-refractivity contribution in [3.05, 3.63) is 52.8 Å². The Labute approximate surface area is 183 Å². The molecule has 0 saturated heterocycles. The van der Waals surface area contributed by atoms with E-state index in [-0.39, 0.29) is 24.0 Å². The van der Waals surface area contributed by atoms with E-state index in [4.69, 9.17) is 9.51 Å². The summed E-state index contributed by atoms with van der Waals surface area (Å²) in [7, 11) is 1.78. The van der Waals surface area contributed by atoms with Crippen LogP contribution in [0.1, 0.15) is 42.1 Å². The van der Waals surface area contributed by atoms with Crippen LogP contribution >= 0.6 is 24.0 Å². The second-order valence-electron chi connectivity index (χ2n) is 6.49. The van der Waals surface area contributed by atoms with Crippen LogP contribution in [-0.2, 0) is 25.8 Å². The Bertz CT molecular complexity index is 909. The third kappa shape index (κ3) is 5.03. The van der Waals surface area contributed by atoms with Gasteiger partial charge in [0.15, 0.2) is 5.96 Å². The predicted octanol–water partition coefficient (Wildman–Crippen LogP) is 3.28. The van der Waals surface area contributed by atoms with Crippen molar-refractivity contribution < 1.29 is 4.52 Å². The molecule has 0 bridgehead atoms. The third-order valence-corrected chi connectivity index (χ3v) is 4.66. The van der Waals surface area contributed by atoms with Gasteiger partial charge < -0.3 is 19.6 Å². The number of hydrogen-bond acceptors (Lipinski definition) is 4. The first-order valence-electron chi connectivity index (χ1n) is 9.50. The molecule has 0 saturated carbocycles. The van der Waals surface area contributed by atoms with E-state index >= 15 is 0 Å². The van der Waals surface area contributed by atoms with Crippen molar-refractivity contribution in [2.45, 2.75) is 46.6 Å². The van der Waals surface area contributed by atoms with Crippen molar-refractivity contribution in [3.8, 4) is 0 Å². The minimum absolute atomic E-state index is 0. The molecule has 0 aliphatic rings. The van der Waals surface area contributed by atoms with Crippen molar-refractivity contribution in [2.24, 2.45) is 4.99 Å². The summed E-state index contributed by atoms with van der Waals surface area (Å²) in [5, 5.41) is 10.9. The molecule has 3 rings (SSSR count). The zero-order chi connectivity index (χ0) is 19.2. The maximum atomic E-state index is 5.42. The number of guanidine groups is 1. The van der Waals surface area contributed by atoms with Crippen LogP contribution in [-0.4, -0.2) is 34.1 Å². The summed E-state index contributed by atoms with van der Waals surface area (Å²) >= 11 is 0. The zero-order valence-corrected chi connectivity index (χ0v) is 19.3. The highest BCUT2D eigenvalue weighted by Crippen LogP contribution is 2.15. The van der Waals surface area contributed by atoms with E-state index in [0.717, 1.165) is 60.1 Å². The lowest BCUT2D eigenvalue weighted by Crippen LogP contribution is -2.38. The van der Waals surface area contributed by atoms with Crippen LogP contribution in [0.4, 0.5) is 0 Å². The smallest absolute Gasteiger partial charge is 0.191 e. The molecular weight excluding hydrogens is 467 g/mol. The minimum atomic E-state index is 0. The highest BCUT2D eigenvalue weighted by Gasteiger charge is 2.13. The summed E-state index contributed by atoms with van der Waals surface area (Å²) in [6.45, 7) is 7.66. The standard InChI is InChI=1S/C20H28N6O.HI/c1-5-17-16(18(6-2)27-25-17)12-23-20(21-4)22-10-9-15-13-26-11-7-8-14(3)19(26)24-15;/h7-8,11,13H,5-6,9-10,12H2,1-4H3,(H2,21,22,23);1H. The molecule has 0 unspecified atom stereocenters. The van der Waals surface area contributed by atoms with Crippen molar-refractivity contribution in [3.63, 3.8) is 0 Å². The van der Waals surface area contributed by atoms with Crippen LogP contribution in [0.5, 0.6) is 0 Å². The van der Waals surface area contributed by atoms with E-state index in [2.05, 4.69) is 58.2 Å². The fourth-order valence-electron chi connectivity index (χ4n) is 3.16. The first-order valence-corrected chi connectivity index (χ1v) is 9.50. The van der Waals surface area contributed by atoms with Gasteiger partial charge in [0, 0.05) is 50.9 Å². The molecule has 0 aromatic carbocycles. The van der Waals surface area contributed by atoms with Crippen molar-refractivity contribution in [1.82, 2.24) is 25.2 Å². The molecule has 0 radical (unpaired) electrons. The van der Waals surface area contributed by atoms with Gasteiger partial charge in [-0.15, -0.1) is 24.0 Å². The maximum absolute atomic E-state index is 5.42. The van der Waals surface area contributed by atoms with Gasteiger partial charge in [0.1, 0.15) is 11.4 Å². The number of aromatic nitrogens is 3. The Hall–Kier alpha value is -2.10. The quantitative estimate of drug-likeness (QED) is 0.298. The fraction of sp³-hybridized carbons (Fsp3) is 0.450. The molecule has 0 aliphatic heterocycles. The van der Waals surface area contributed by atoms with E-state index in [9.17, 15) is 0 Å². The monoisotopic (exact) mass is 496 g/mol. The Morgan fingerprint density at radius 2 is 2.07 bits per heavy atom. The Balaban J connectivity index is 0.00000280. The van der Waals surface area contributed by atoms with Crippen molar-refractivity contribution >= 4 is 35.6 Å². The van der Waals surface area contributed by atoms with Crippen LogP contribution in [0, 0.1) is 6.92 Å². The topological polar surface area (TPSA) is 79.8 Å². The number of pyridine rings is 1. The van der Waals surface area contributed by atoms with Gasteiger partial charge in [0.05, 0.1) is 11.4 Å². The van der Waals surface area contributed by atoms with E-state index in [0.29, 0.717) is 6.54 Å². The molecule has 28 heavy (non-hydrogen) atoms. The van der Waals surface area contributed by atoms with Gasteiger partial charge in [-0.2, -0.15) is 0 Å². The van der Waals surface area contributed by atoms with Gasteiger partial charge in [0.2, 0.25) is 0 Å². The molecule has 3 heterocycles. The molecule has 3 aromatic heterocycles. The van der Waals surface area contributed by atoms with Crippen molar-refractivity contribution in [2.75, 3.05) is 13.6 Å². The lowest BCUT2D eigenvalue weighted by molar-refractivity contribution is 0.380. The van der Waals surface area contributed by atoms with Crippen LogP contribution in [0.3, 0.4) is 0 Å². The van der Waals surface area contributed by atoms with Gasteiger partial charge in [0.25, 0.3) is 0 Å². The highest BCUT2D eigenvalue weighted by molar-refractivity contribution is 14.0. The molecule has 152 valence electrons. The van der Waals surface area contributed by atoms with Crippen molar-refractivity contribution in [1.29, 1.82) is 0 Å². The van der Waals surface area contributed by atoms with E-state index < -0.39 is 0 Å². The molecule has 0 atom stereocenters. The molecule has 0 amide bonds. The SMILES string of the molecule is CCc1noc(CC)c1CNC(=NC)NCCc1cn2cccc(C)c2n1.I. The van der Waals surface area contributed by atoms with Crippen LogP contribution in [0.25, 0.3) is 5.65 Å². The third-order valence-electron chi connectivity index (χ3n) is 4.66. The number of aryl methyl sites for hydroxylation is 3. The van der Waals surface area contributed by atoms with Gasteiger partial charge in [-0.1, -0.05) is 25.1 Å². The number of nitrogens with one attached hydrogen (secondary N) is 2. The molecule has 3 aromatic rings. The predicted molar refractivity (Wildman–Crippen MR) is 123 cm³/mol. The number of aliphatic imine (C=N–C) groups is 1. The second-order valence-corrected chi connectivity index (χ2v) is 6.49. The largest absolute Gasteiger partial charge is 0.361 e. The lowest BCUT2D eigenvalue weighted by atomic mass is 10.1. The van der Waals surface area contributed by atoms with Gasteiger partial charge in [-0.3, -0.25) is 4.99 Å². The molecule has 0 spiro atoms. The number of nitrogens with zero attached hydrogens (tertiary/aromatic N) is 4. The fourth-order valence-corrected chi connectivity index (χ4v) is 3.16. The van der Waals surface area contributed by atoms with E-state index in [1.807, 2.05) is 12.3 Å². The first-order chi connectivity index (χ1) is 13.2. The Kier molecular flexibility index (Phi) is 8.28. The number of fused-ring (bicyclic) bond motifs is 1. The van der Waals surface area contributed by atoms with Crippen LogP contribution in [0.2, 0.25) is 0 Å². The molecule has 8 heteroatoms. The van der Waals surface area contributed by atoms with Crippen LogP contribution in [0.15, 0.2) is 34.0 Å². The molecular formula is C20H29IN6O. The first kappa shape index (κ1) is 22.2. The van der Waals surface area contributed by atoms with Crippen LogP contribution < -0.4 is 10.6 Å². The van der Waals surface area contributed by atoms with Gasteiger partial charge in [-0.25, -0.2) is 4.98 Å². The lowest BCUT2D eigenvalue weighted by Gasteiger charge is -2.11. The average Bonchev–Trinajstić information content (AvgIpc) is 3.28. The zero-order valence-electron chi connectivity index (χ0n) is 17.0. The van der Waals surface area contributed by atoms with E-state index in [1.54, 1.807) is 7.05 Å². The summed E-state index contributed by atoms with van der Waals surface area (Å²) < 4.78 is 7.49. The Morgan fingerprint density at radius 3 is 2.75 bits per heavy atom. The number of imidazole rings is 1. The van der Waals surface area contributed by atoms with Gasteiger partial charge >= 0.3 is 0 Å². The molecule has 0 fully saturated rings. The summed E-state index contributed by atoms with van der Waals surface area (Å²) in [6, 6.07) is 4.12. The summed E-state index contributed by atoms with van der Waals surface area (Å²) in [6.07, 6.45) is 6.64. The highest BCUT2D eigenvalue weighted by atomic mass is 127. The normalized spacial score (nSPS) is 11.5. The molecule has 7 nitrogen and oxygen atoms in total. The average molecular weight is 496 g/mol. The summed E-state index contributed by atoms with van der Waals surface area (Å²) in [5.74, 6) is 1.70. The Morgan fingerprint density at radius 1 is 1.25 bits per heavy atom.